The Hall–Kier alpha value is -3.09. The van der Waals surface area contributed by atoms with Crippen molar-refractivity contribution in [3.63, 3.8) is 0 Å². The van der Waals surface area contributed by atoms with E-state index in [1.807, 2.05) is 6.92 Å². The first-order chi connectivity index (χ1) is 11.9. The van der Waals surface area contributed by atoms with Crippen LogP contribution in [0.25, 0.3) is 0 Å². The van der Waals surface area contributed by atoms with Gasteiger partial charge in [-0.1, -0.05) is 13.0 Å². The molecule has 1 heterocycles. The van der Waals surface area contributed by atoms with E-state index in [0.29, 0.717) is 17.8 Å². The van der Waals surface area contributed by atoms with Gasteiger partial charge in [0.15, 0.2) is 5.76 Å². The molecule has 7 nitrogen and oxygen atoms in total. The lowest BCUT2D eigenvalue weighted by Crippen LogP contribution is -2.41. The molecule has 0 aliphatic carbocycles. The number of hydrogen-bond donors (Lipinski definition) is 3. The van der Waals surface area contributed by atoms with Crippen LogP contribution in [-0.4, -0.2) is 23.8 Å². The van der Waals surface area contributed by atoms with E-state index in [1.54, 1.807) is 38.1 Å². The summed E-state index contributed by atoms with van der Waals surface area (Å²) in [6.45, 7) is 5.18. The van der Waals surface area contributed by atoms with E-state index in [0.717, 1.165) is 5.56 Å². The molecule has 7 heteroatoms. The third kappa shape index (κ3) is 4.94. The van der Waals surface area contributed by atoms with E-state index < -0.39 is 11.9 Å². The van der Waals surface area contributed by atoms with E-state index in [1.165, 1.54) is 12.3 Å². The SMILES string of the molecule is CCC(=O)Nc1ccc(C)c(NC(=O)C(C)NC(=O)c2ccco2)c1. The summed E-state index contributed by atoms with van der Waals surface area (Å²) in [6, 6.07) is 7.60. The Morgan fingerprint density at radius 2 is 1.92 bits per heavy atom. The highest BCUT2D eigenvalue weighted by Gasteiger charge is 2.18. The van der Waals surface area contributed by atoms with Crippen LogP contribution in [0.5, 0.6) is 0 Å². The number of anilines is 2. The van der Waals surface area contributed by atoms with Crippen molar-refractivity contribution in [3.8, 4) is 0 Å². The number of carbonyl (C=O) groups excluding carboxylic acids is 3. The quantitative estimate of drug-likeness (QED) is 0.750. The summed E-state index contributed by atoms with van der Waals surface area (Å²) in [5.41, 5.74) is 2.01. The van der Waals surface area contributed by atoms with Crippen LogP contribution >= 0.6 is 0 Å². The minimum Gasteiger partial charge on any atom is -0.459 e. The Morgan fingerprint density at radius 1 is 1.16 bits per heavy atom. The summed E-state index contributed by atoms with van der Waals surface area (Å²) >= 11 is 0. The first kappa shape index (κ1) is 18.3. The number of nitrogens with one attached hydrogen (secondary N) is 3. The van der Waals surface area contributed by atoms with Crippen molar-refractivity contribution < 1.29 is 18.8 Å². The van der Waals surface area contributed by atoms with Crippen LogP contribution < -0.4 is 16.0 Å². The molecule has 1 aromatic carbocycles. The fourth-order valence-corrected chi connectivity index (χ4v) is 2.07. The minimum absolute atomic E-state index is 0.111. The van der Waals surface area contributed by atoms with Gasteiger partial charge >= 0.3 is 0 Å². The maximum atomic E-state index is 12.3. The summed E-state index contributed by atoms with van der Waals surface area (Å²) in [4.78, 5) is 35.7. The van der Waals surface area contributed by atoms with Gasteiger partial charge in [-0.2, -0.15) is 0 Å². The summed E-state index contributed by atoms with van der Waals surface area (Å²) in [7, 11) is 0. The van der Waals surface area contributed by atoms with Crippen molar-refractivity contribution >= 4 is 29.1 Å². The maximum Gasteiger partial charge on any atom is 0.287 e. The number of rotatable bonds is 6. The summed E-state index contributed by atoms with van der Waals surface area (Å²) in [5.74, 6) is -0.810. The molecule has 0 bridgehead atoms. The molecule has 1 aromatic heterocycles. The average molecular weight is 343 g/mol. The topological polar surface area (TPSA) is 100 Å². The van der Waals surface area contributed by atoms with E-state index in [-0.39, 0.29) is 17.6 Å². The third-order valence-electron chi connectivity index (χ3n) is 3.59. The van der Waals surface area contributed by atoms with Gasteiger partial charge in [-0.3, -0.25) is 14.4 Å². The highest BCUT2D eigenvalue weighted by atomic mass is 16.3. The van der Waals surface area contributed by atoms with E-state index >= 15 is 0 Å². The lowest BCUT2D eigenvalue weighted by molar-refractivity contribution is -0.117. The molecular formula is C18H21N3O4. The van der Waals surface area contributed by atoms with Gasteiger partial charge in [0.2, 0.25) is 11.8 Å². The van der Waals surface area contributed by atoms with Gasteiger partial charge in [0, 0.05) is 17.8 Å². The van der Waals surface area contributed by atoms with Gasteiger partial charge in [-0.05, 0) is 43.7 Å². The normalized spacial score (nSPS) is 11.5. The second-order valence-corrected chi connectivity index (χ2v) is 5.59. The summed E-state index contributed by atoms with van der Waals surface area (Å²) < 4.78 is 4.99. The Bertz CT molecular complexity index is 769. The molecule has 132 valence electrons. The first-order valence-corrected chi connectivity index (χ1v) is 7.96. The van der Waals surface area contributed by atoms with Crippen molar-refractivity contribution in [3.05, 3.63) is 47.9 Å². The van der Waals surface area contributed by atoms with Crippen LogP contribution in [0.2, 0.25) is 0 Å². The van der Waals surface area contributed by atoms with Crippen molar-refractivity contribution in [1.29, 1.82) is 0 Å². The van der Waals surface area contributed by atoms with Gasteiger partial charge < -0.3 is 20.4 Å². The maximum absolute atomic E-state index is 12.3. The zero-order chi connectivity index (χ0) is 18.4. The zero-order valence-electron chi connectivity index (χ0n) is 14.4. The Balaban J connectivity index is 2.02. The molecule has 3 amide bonds. The molecule has 0 saturated heterocycles. The molecular weight excluding hydrogens is 322 g/mol. The fourth-order valence-electron chi connectivity index (χ4n) is 2.07. The standard InChI is InChI=1S/C18H21N3O4/c1-4-16(22)20-13-8-7-11(2)14(10-13)21-17(23)12(3)19-18(24)15-6-5-9-25-15/h5-10,12H,4H2,1-3H3,(H,19,24)(H,20,22)(H,21,23). The zero-order valence-corrected chi connectivity index (χ0v) is 14.4. The molecule has 1 atom stereocenters. The smallest absolute Gasteiger partial charge is 0.287 e. The van der Waals surface area contributed by atoms with Gasteiger partial charge in [-0.25, -0.2) is 0 Å². The Morgan fingerprint density at radius 3 is 2.56 bits per heavy atom. The van der Waals surface area contributed by atoms with Gasteiger partial charge in [-0.15, -0.1) is 0 Å². The minimum atomic E-state index is -0.758. The number of aryl methyl sites for hydroxylation is 1. The second-order valence-electron chi connectivity index (χ2n) is 5.59. The van der Waals surface area contributed by atoms with E-state index in [9.17, 15) is 14.4 Å². The second kappa shape index (κ2) is 8.14. The van der Waals surface area contributed by atoms with Crippen LogP contribution in [-0.2, 0) is 9.59 Å². The van der Waals surface area contributed by atoms with E-state index in [4.69, 9.17) is 4.42 Å². The molecule has 0 aliphatic rings. The molecule has 2 rings (SSSR count). The largest absolute Gasteiger partial charge is 0.459 e. The van der Waals surface area contributed by atoms with Gasteiger partial charge in [0.05, 0.1) is 6.26 Å². The number of hydrogen-bond acceptors (Lipinski definition) is 4. The molecule has 2 aromatic rings. The van der Waals surface area contributed by atoms with Crippen molar-refractivity contribution in [2.45, 2.75) is 33.2 Å². The Labute approximate surface area is 145 Å². The summed E-state index contributed by atoms with van der Waals surface area (Å²) in [6.07, 6.45) is 1.75. The van der Waals surface area contributed by atoms with E-state index in [2.05, 4.69) is 16.0 Å². The highest BCUT2D eigenvalue weighted by Crippen LogP contribution is 2.20. The lowest BCUT2D eigenvalue weighted by atomic mass is 10.1. The van der Waals surface area contributed by atoms with Crippen LogP contribution in [0.4, 0.5) is 11.4 Å². The van der Waals surface area contributed by atoms with Crippen LogP contribution in [0, 0.1) is 6.92 Å². The molecule has 0 fully saturated rings. The highest BCUT2D eigenvalue weighted by molar-refractivity contribution is 6.00. The summed E-state index contributed by atoms with van der Waals surface area (Å²) in [5, 5.41) is 8.06. The predicted molar refractivity (Wildman–Crippen MR) is 94.4 cm³/mol. The fraction of sp³-hybridized carbons (Fsp3) is 0.278. The monoisotopic (exact) mass is 343 g/mol. The average Bonchev–Trinajstić information content (AvgIpc) is 3.12. The molecule has 0 aliphatic heterocycles. The Kier molecular flexibility index (Phi) is 5.94. The van der Waals surface area contributed by atoms with Crippen molar-refractivity contribution in [1.82, 2.24) is 5.32 Å². The third-order valence-corrected chi connectivity index (χ3v) is 3.59. The van der Waals surface area contributed by atoms with Crippen LogP contribution in [0.15, 0.2) is 41.0 Å². The number of amides is 3. The van der Waals surface area contributed by atoms with Crippen LogP contribution in [0.3, 0.4) is 0 Å². The van der Waals surface area contributed by atoms with Crippen LogP contribution in [0.1, 0.15) is 36.4 Å². The molecule has 0 spiro atoms. The number of furan rings is 1. The lowest BCUT2D eigenvalue weighted by Gasteiger charge is -2.15. The van der Waals surface area contributed by atoms with Crippen molar-refractivity contribution in [2.75, 3.05) is 10.6 Å². The molecule has 0 radical (unpaired) electrons. The molecule has 25 heavy (non-hydrogen) atoms. The predicted octanol–water partition coefficient (Wildman–Crippen LogP) is 2.69. The van der Waals surface area contributed by atoms with Gasteiger partial charge in [0.1, 0.15) is 6.04 Å². The molecule has 0 saturated carbocycles. The van der Waals surface area contributed by atoms with Gasteiger partial charge in [0.25, 0.3) is 5.91 Å². The number of benzene rings is 1. The molecule has 1 unspecified atom stereocenters. The number of carbonyl (C=O) groups is 3. The first-order valence-electron chi connectivity index (χ1n) is 7.96. The molecule has 3 N–H and O–H groups in total. The van der Waals surface area contributed by atoms with Crippen molar-refractivity contribution in [2.24, 2.45) is 0 Å².